The fourth-order valence-corrected chi connectivity index (χ4v) is 5.98. The van der Waals surface area contributed by atoms with E-state index in [9.17, 15) is 4.79 Å². The Labute approximate surface area is 207 Å². The number of urea groups is 1. The molecule has 2 atom stereocenters. The topological polar surface area (TPSA) is 83.7 Å². The molecule has 0 spiro atoms. The lowest BCUT2D eigenvalue weighted by Crippen LogP contribution is -2.36. The smallest absolute Gasteiger partial charge is 0.322 e. The largest absolute Gasteiger partial charge is 0.431 e. The van der Waals surface area contributed by atoms with Crippen LogP contribution in [0.2, 0.25) is 0 Å². The van der Waals surface area contributed by atoms with Gasteiger partial charge in [0.15, 0.2) is 5.76 Å². The number of rotatable bonds is 5. The molecule has 1 N–H and O–H groups in total. The number of thiazole rings is 1. The maximum Gasteiger partial charge on any atom is 0.322 e. The van der Waals surface area contributed by atoms with Crippen LogP contribution in [-0.2, 0) is 6.54 Å². The lowest BCUT2D eigenvalue weighted by molar-refractivity contribution is 0.212. The zero-order valence-corrected chi connectivity index (χ0v) is 20.5. The normalized spacial score (nSPS) is 19.9. The zero-order chi connectivity index (χ0) is 23.9. The molecule has 180 valence electrons. The molecule has 0 radical (unpaired) electrons. The third-order valence-electron chi connectivity index (χ3n) is 6.92. The maximum absolute atomic E-state index is 12.8. The van der Waals surface area contributed by atoms with Gasteiger partial charge in [-0.05, 0) is 55.5 Å². The average molecular weight is 490 g/mol. The number of amides is 2. The van der Waals surface area contributed by atoms with Crippen molar-refractivity contribution in [1.82, 2.24) is 19.9 Å². The van der Waals surface area contributed by atoms with Crippen LogP contribution in [0.4, 0.5) is 10.5 Å². The Kier molecular flexibility index (Phi) is 5.66. The molecular formula is C26H27N5O3S. The van der Waals surface area contributed by atoms with E-state index in [4.69, 9.17) is 9.26 Å². The van der Waals surface area contributed by atoms with E-state index in [0.717, 1.165) is 48.7 Å². The second-order valence-electron chi connectivity index (χ2n) is 9.44. The Bertz CT molecular complexity index is 1300. The van der Waals surface area contributed by atoms with E-state index in [-0.39, 0.29) is 6.03 Å². The summed E-state index contributed by atoms with van der Waals surface area (Å²) in [5, 5.41) is 7.55. The van der Waals surface area contributed by atoms with E-state index in [1.54, 1.807) is 11.3 Å². The molecule has 0 saturated carbocycles. The maximum atomic E-state index is 12.8. The van der Waals surface area contributed by atoms with E-state index in [1.807, 2.05) is 49.1 Å². The van der Waals surface area contributed by atoms with Crippen LogP contribution in [0.5, 0.6) is 10.9 Å². The number of hydrogen-bond acceptors (Lipinski definition) is 7. The van der Waals surface area contributed by atoms with Crippen LogP contribution in [0, 0.1) is 25.7 Å². The van der Waals surface area contributed by atoms with Gasteiger partial charge in [0, 0.05) is 32.7 Å². The first-order chi connectivity index (χ1) is 17.0. The van der Waals surface area contributed by atoms with Gasteiger partial charge in [0.05, 0.1) is 10.2 Å². The molecule has 4 heterocycles. The molecule has 0 bridgehead atoms. The van der Waals surface area contributed by atoms with Gasteiger partial charge in [-0.3, -0.25) is 4.90 Å². The number of ether oxygens (including phenoxy) is 1. The highest BCUT2D eigenvalue weighted by Crippen LogP contribution is 2.34. The van der Waals surface area contributed by atoms with Gasteiger partial charge < -0.3 is 19.5 Å². The molecule has 2 aliphatic rings. The third-order valence-corrected chi connectivity index (χ3v) is 7.84. The van der Waals surface area contributed by atoms with Gasteiger partial charge in [0.25, 0.3) is 5.19 Å². The van der Waals surface area contributed by atoms with Crippen LogP contribution in [0.15, 0.2) is 53.1 Å². The molecule has 6 rings (SSSR count). The van der Waals surface area contributed by atoms with Crippen LogP contribution in [0.1, 0.15) is 17.0 Å². The fourth-order valence-electron chi connectivity index (χ4n) is 5.15. The van der Waals surface area contributed by atoms with Gasteiger partial charge in [-0.25, -0.2) is 9.78 Å². The van der Waals surface area contributed by atoms with Crippen LogP contribution in [0.3, 0.4) is 0 Å². The molecule has 2 fully saturated rings. The van der Waals surface area contributed by atoms with Gasteiger partial charge in [0.1, 0.15) is 17.1 Å². The highest BCUT2D eigenvalue weighted by atomic mass is 32.1. The van der Waals surface area contributed by atoms with Crippen molar-refractivity contribution in [3.63, 3.8) is 0 Å². The SMILES string of the molecule is Cc1noc(C)c1NC(=O)N1CC2CN(Cc3ccc(Oc4nc5ccccc5s4)cc3)CC2C1. The number of anilines is 1. The number of carbonyl (C=O) groups is 1. The Morgan fingerprint density at radius 3 is 2.51 bits per heavy atom. The van der Waals surface area contributed by atoms with E-state index in [1.165, 1.54) is 5.56 Å². The number of aryl methyl sites for hydroxylation is 2. The number of para-hydroxylation sites is 1. The molecule has 9 heteroatoms. The molecule has 0 aliphatic carbocycles. The number of fused-ring (bicyclic) bond motifs is 2. The van der Waals surface area contributed by atoms with Gasteiger partial charge in [0.2, 0.25) is 0 Å². The van der Waals surface area contributed by atoms with E-state index in [2.05, 4.69) is 38.6 Å². The summed E-state index contributed by atoms with van der Waals surface area (Å²) < 4.78 is 12.3. The Morgan fingerprint density at radius 2 is 1.83 bits per heavy atom. The van der Waals surface area contributed by atoms with Crippen LogP contribution < -0.4 is 10.1 Å². The van der Waals surface area contributed by atoms with Crippen molar-refractivity contribution in [3.8, 4) is 10.9 Å². The fraction of sp³-hybridized carbons (Fsp3) is 0.346. The monoisotopic (exact) mass is 489 g/mol. The summed E-state index contributed by atoms with van der Waals surface area (Å²) in [6.07, 6.45) is 0. The molecule has 2 aromatic heterocycles. The number of aromatic nitrogens is 2. The summed E-state index contributed by atoms with van der Waals surface area (Å²) >= 11 is 1.55. The molecule has 2 amide bonds. The summed E-state index contributed by atoms with van der Waals surface area (Å²) in [6.45, 7) is 8.12. The molecule has 35 heavy (non-hydrogen) atoms. The Morgan fingerprint density at radius 1 is 1.09 bits per heavy atom. The van der Waals surface area contributed by atoms with Gasteiger partial charge in [-0.15, -0.1) is 0 Å². The second-order valence-corrected chi connectivity index (χ2v) is 10.4. The zero-order valence-electron chi connectivity index (χ0n) is 19.7. The second kappa shape index (κ2) is 8.98. The molecular weight excluding hydrogens is 462 g/mol. The molecule has 8 nitrogen and oxygen atoms in total. The molecule has 2 aliphatic heterocycles. The minimum Gasteiger partial charge on any atom is -0.431 e. The van der Waals surface area contributed by atoms with Crippen molar-refractivity contribution in [2.24, 2.45) is 11.8 Å². The predicted octanol–water partition coefficient (Wildman–Crippen LogP) is 5.29. The minimum atomic E-state index is -0.0657. The van der Waals surface area contributed by atoms with Crippen LogP contribution in [0.25, 0.3) is 10.2 Å². The minimum absolute atomic E-state index is 0.0657. The summed E-state index contributed by atoms with van der Waals surface area (Å²) in [6, 6.07) is 16.3. The number of carbonyl (C=O) groups excluding carboxylic acids is 1. The highest BCUT2D eigenvalue weighted by molar-refractivity contribution is 7.20. The molecule has 4 aromatic rings. The van der Waals surface area contributed by atoms with E-state index in [0.29, 0.717) is 34.2 Å². The van der Waals surface area contributed by atoms with Gasteiger partial charge in [-0.2, -0.15) is 0 Å². The van der Waals surface area contributed by atoms with Crippen molar-refractivity contribution >= 4 is 33.3 Å². The number of benzene rings is 2. The van der Waals surface area contributed by atoms with Crippen LogP contribution >= 0.6 is 11.3 Å². The summed E-state index contributed by atoms with van der Waals surface area (Å²) in [5.41, 5.74) is 3.61. The number of nitrogens with zero attached hydrogens (tertiary/aromatic N) is 4. The lowest BCUT2D eigenvalue weighted by Gasteiger charge is -2.22. The Hall–Kier alpha value is -3.43. The van der Waals surface area contributed by atoms with Crippen molar-refractivity contribution < 1.29 is 14.1 Å². The first-order valence-corrected chi connectivity index (χ1v) is 12.7. The molecule has 2 saturated heterocycles. The van der Waals surface area contributed by atoms with Gasteiger partial charge >= 0.3 is 6.03 Å². The third kappa shape index (κ3) is 4.49. The number of nitrogens with one attached hydrogen (secondary N) is 1. The van der Waals surface area contributed by atoms with Crippen molar-refractivity contribution in [2.45, 2.75) is 20.4 Å². The standard InChI is InChI=1S/C26H27N5O3S/c1-16-24(17(2)34-29-16)28-25(32)31-14-19-12-30(13-20(19)15-31)11-18-7-9-21(10-8-18)33-26-27-22-5-3-4-6-23(22)35-26/h3-10,19-20H,11-15H2,1-2H3,(H,28,32). The first-order valence-electron chi connectivity index (χ1n) is 11.9. The van der Waals surface area contributed by atoms with E-state index >= 15 is 0 Å². The number of likely N-dealkylation sites (tertiary alicyclic amines) is 2. The Balaban J connectivity index is 1.01. The van der Waals surface area contributed by atoms with Crippen molar-refractivity contribution in [1.29, 1.82) is 0 Å². The van der Waals surface area contributed by atoms with E-state index < -0.39 is 0 Å². The van der Waals surface area contributed by atoms with Crippen molar-refractivity contribution in [2.75, 3.05) is 31.5 Å². The quantitative estimate of drug-likeness (QED) is 0.410. The number of hydrogen-bond donors (Lipinski definition) is 1. The molecule has 2 unspecified atom stereocenters. The summed E-state index contributed by atoms with van der Waals surface area (Å²) in [5.74, 6) is 2.45. The summed E-state index contributed by atoms with van der Waals surface area (Å²) in [7, 11) is 0. The van der Waals surface area contributed by atoms with Crippen LogP contribution in [-0.4, -0.2) is 52.2 Å². The highest BCUT2D eigenvalue weighted by Gasteiger charge is 2.41. The molecule has 2 aromatic carbocycles. The first kappa shape index (κ1) is 22.1. The lowest BCUT2D eigenvalue weighted by atomic mass is 10.0. The van der Waals surface area contributed by atoms with Crippen molar-refractivity contribution in [3.05, 3.63) is 65.5 Å². The van der Waals surface area contributed by atoms with Gasteiger partial charge in [-0.1, -0.05) is 40.8 Å². The predicted molar refractivity (Wildman–Crippen MR) is 135 cm³/mol. The average Bonchev–Trinajstić information content (AvgIpc) is 3.60. The summed E-state index contributed by atoms with van der Waals surface area (Å²) in [4.78, 5) is 21.7.